The Balaban J connectivity index is 2.20. The van der Waals surface area contributed by atoms with Crippen molar-refractivity contribution in [3.63, 3.8) is 0 Å². The summed E-state index contributed by atoms with van der Waals surface area (Å²) in [5.74, 6) is -0.362. The van der Waals surface area contributed by atoms with Crippen LogP contribution in [-0.2, 0) is 0 Å². The molecule has 0 unspecified atom stereocenters. The number of rotatable bonds is 2. The van der Waals surface area contributed by atoms with Crippen LogP contribution in [-0.4, -0.2) is 21.1 Å². The highest BCUT2D eigenvalue weighted by Crippen LogP contribution is 2.22. The van der Waals surface area contributed by atoms with E-state index in [4.69, 9.17) is 16.9 Å². The van der Waals surface area contributed by atoms with E-state index in [1.807, 2.05) is 6.07 Å². The number of H-pyrrole nitrogens is 1. The Morgan fingerprint density at radius 1 is 1.53 bits per heavy atom. The number of anilines is 1. The molecule has 2 N–H and O–H groups in total. The minimum absolute atomic E-state index is 0.0884. The molecule has 0 fully saturated rings. The van der Waals surface area contributed by atoms with Crippen LogP contribution >= 0.6 is 11.6 Å². The van der Waals surface area contributed by atoms with Crippen molar-refractivity contribution in [3.05, 3.63) is 40.9 Å². The van der Waals surface area contributed by atoms with Crippen molar-refractivity contribution in [2.45, 2.75) is 0 Å². The van der Waals surface area contributed by atoms with Gasteiger partial charge in [0.1, 0.15) is 6.33 Å². The second-order valence-electron chi connectivity index (χ2n) is 3.09. The normalized spacial score (nSPS) is 9.65. The lowest BCUT2D eigenvalue weighted by molar-refractivity contribution is 0.101. The lowest BCUT2D eigenvalue weighted by Gasteiger charge is -2.05. The Hall–Kier alpha value is -2.39. The number of nitrogens with one attached hydrogen (secondary N) is 2. The van der Waals surface area contributed by atoms with Crippen LogP contribution in [0.15, 0.2) is 24.5 Å². The molecule has 2 aromatic rings. The first kappa shape index (κ1) is 11.1. The van der Waals surface area contributed by atoms with Gasteiger partial charge in [0, 0.05) is 0 Å². The van der Waals surface area contributed by atoms with Crippen LogP contribution < -0.4 is 5.32 Å². The summed E-state index contributed by atoms with van der Waals surface area (Å²) in [5.41, 5.74) is 0.833. The molecule has 7 heteroatoms. The van der Waals surface area contributed by atoms with E-state index in [0.29, 0.717) is 11.3 Å². The number of benzene rings is 1. The molecule has 1 amide bonds. The summed E-state index contributed by atoms with van der Waals surface area (Å²) in [6.07, 6.45) is 1.23. The highest BCUT2D eigenvalue weighted by molar-refractivity contribution is 6.34. The molecule has 0 aliphatic heterocycles. The first-order valence-electron chi connectivity index (χ1n) is 4.57. The zero-order valence-electron chi connectivity index (χ0n) is 8.44. The molecule has 2 rings (SSSR count). The van der Waals surface area contributed by atoms with E-state index in [1.54, 1.807) is 12.1 Å². The number of aromatic nitrogens is 3. The minimum Gasteiger partial charge on any atom is -0.318 e. The average molecular weight is 248 g/mol. The molecule has 1 heterocycles. The van der Waals surface area contributed by atoms with E-state index in [9.17, 15) is 4.79 Å². The summed E-state index contributed by atoms with van der Waals surface area (Å²) in [6, 6.07) is 6.53. The first-order chi connectivity index (χ1) is 8.20. The van der Waals surface area contributed by atoms with E-state index in [2.05, 4.69) is 20.5 Å². The average Bonchev–Trinajstić information content (AvgIpc) is 2.85. The van der Waals surface area contributed by atoms with Gasteiger partial charge in [0.2, 0.25) is 5.82 Å². The molecule has 1 aromatic heterocycles. The van der Waals surface area contributed by atoms with Crippen LogP contribution in [0.5, 0.6) is 0 Å². The molecule has 84 valence electrons. The molecule has 6 nitrogen and oxygen atoms in total. The maximum atomic E-state index is 11.6. The molecule has 0 aliphatic rings. The van der Waals surface area contributed by atoms with Gasteiger partial charge in [-0.1, -0.05) is 11.6 Å². The monoisotopic (exact) mass is 247 g/mol. The molecule has 17 heavy (non-hydrogen) atoms. The molecule has 0 bridgehead atoms. The van der Waals surface area contributed by atoms with E-state index in [0.717, 1.165) is 0 Å². The molecule has 0 aliphatic carbocycles. The van der Waals surface area contributed by atoms with Gasteiger partial charge in [0.05, 0.1) is 22.3 Å². The Labute approximate surface area is 101 Å². The van der Waals surface area contributed by atoms with Gasteiger partial charge in [-0.05, 0) is 18.2 Å². The number of carbonyl (C=O) groups is 1. The maximum Gasteiger partial charge on any atom is 0.293 e. The fourth-order valence-corrected chi connectivity index (χ4v) is 1.41. The lowest BCUT2D eigenvalue weighted by Crippen LogP contribution is -2.14. The standard InChI is InChI=1S/C10H6ClN5O/c11-7-3-6(4-12)1-2-8(7)15-10(17)9-13-5-14-16-9/h1-3,5H,(H,15,17)(H,13,14,16). The van der Waals surface area contributed by atoms with E-state index < -0.39 is 5.91 Å². The van der Waals surface area contributed by atoms with Gasteiger partial charge < -0.3 is 5.32 Å². The fourth-order valence-electron chi connectivity index (χ4n) is 1.18. The van der Waals surface area contributed by atoms with E-state index in [1.165, 1.54) is 12.4 Å². The van der Waals surface area contributed by atoms with Crippen molar-refractivity contribution >= 4 is 23.2 Å². The number of nitrogens with zero attached hydrogens (tertiary/aromatic N) is 3. The largest absolute Gasteiger partial charge is 0.318 e. The summed E-state index contributed by atoms with van der Waals surface area (Å²) in [6.45, 7) is 0. The molecule has 0 saturated carbocycles. The van der Waals surface area contributed by atoms with Gasteiger partial charge in [-0.25, -0.2) is 4.98 Å². The number of carbonyl (C=O) groups excluding carboxylic acids is 1. The third-order valence-corrected chi connectivity index (χ3v) is 2.29. The van der Waals surface area contributed by atoms with Gasteiger partial charge >= 0.3 is 0 Å². The number of aromatic amines is 1. The molecule has 0 spiro atoms. The topological polar surface area (TPSA) is 94.5 Å². The van der Waals surface area contributed by atoms with Gasteiger partial charge in [0.25, 0.3) is 5.91 Å². The van der Waals surface area contributed by atoms with Crippen LogP contribution in [0.2, 0.25) is 5.02 Å². The summed E-state index contributed by atoms with van der Waals surface area (Å²) < 4.78 is 0. The summed E-state index contributed by atoms with van der Waals surface area (Å²) >= 11 is 5.90. The predicted octanol–water partition coefficient (Wildman–Crippen LogP) is 1.58. The van der Waals surface area contributed by atoms with Crippen LogP contribution in [0.25, 0.3) is 0 Å². The van der Waals surface area contributed by atoms with Crippen molar-refractivity contribution in [3.8, 4) is 6.07 Å². The van der Waals surface area contributed by atoms with E-state index >= 15 is 0 Å². The zero-order chi connectivity index (χ0) is 12.3. The number of hydrogen-bond acceptors (Lipinski definition) is 4. The van der Waals surface area contributed by atoms with Crippen molar-refractivity contribution in [1.82, 2.24) is 15.2 Å². The van der Waals surface area contributed by atoms with Crippen molar-refractivity contribution in [2.75, 3.05) is 5.32 Å². The fraction of sp³-hybridized carbons (Fsp3) is 0. The summed E-state index contributed by atoms with van der Waals surface area (Å²) in [4.78, 5) is 15.3. The van der Waals surface area contributed by atoms with Crippen LogP contribution in [0.1, 0.15) is 16.2 Å². The molecular formula is C10H6ClN5O. The lowest BCUT2D eigenvalue weighted by atomic mass is 10.2. The van der Waals surface area contributed by atoms with Crippen LogP contribution in [0.4, 0.5) is 5.69 Å². The van der Waals surface area contributed by atoms with Crippen molar-refractivity contribution in [1.29, 1.82) is 5.26 Å². The van der Waals surface area contributed by atoms with Crippen molar-refractivity contribution < 1.29 is 4.79 Å². The van der Waals surface area contributed by atoms with Crippen LogP contribution in [0.3, 0.4) is 0 Å². The van der Waals surface area contributed by atoms with Gasteiger partial charge in [0.15, 0.2) is 0 Å². The molecular weight excluding hydrogens is 242 g/mol. The minimum atomic E-state index is -0.450. The number of hydrogen-bond donors (Lipinski definition) is 2. The number of amides is 1. The zero-order valence-corrected chi connectivity index (χ0v) is 9.19. The number of nitriles is 1. The Kier molecular flexibility index (Phi) is 3.03. The second-order valence-corrected chi connectivity index (χ2v) is 3.50. The maximum absolute atomic E-state index is 11.6. The summed E-state index contributed by atoms with van der Waals surface area (Å²) in [7, 11) is 0. The highest BCUT2D eigenvalue weighted by Gasteiger charge is 2.11. The van der Waals surface area contributed by atoms with Gasteiger partial charge in [-0.15, -0.1) is 0 Å². The first-order valence-corrected chi connectivity index (χ1v) is 4.95. The third kappa shape index (κ3) is 2.41. The second kappa shape index (κ2) is 4.63. The molecule has 0 saturated heterocycles. The molecule has 0 radical (unpaired) electrons. The Bertz CT molecular complexity index is 587. The SMILES string of the molecule is N#Cc1ccc(NC(=O)c2ncn[nH]2)c(Cl)c1. The highest BCUT2D eigenvalue weighted by atomic mass is 35.5. The summed E-state index contributed by atoms with van der Waals surface area (Å²) in [5, 5.41) is 17.5. The van der Waals surface area contributed by atoms with Gasteiger partial charge in [-0.3, -0.25) is 9.89 Å². The molecule has 1 aromatic carbocycles. The third-order valence-electron chi connectivity index (χ3n) is 1.98. The Morgan fingerprint density at radius 3 is 2.94 bits per heavy atom. The quantitative estimate of drug-likeness (QED) is 0.842. The molecule has 0 atom stereocenters. The Morgan fingerprint density at radius 2 is 2.35 bits per heavy atom. The van der Waals surface area contributed by atoms with Crippen LogP contribution in [0, 0.1) is 11.3 Å². The predicted molar refractivity (Wildman–Crippen MR) is 60.5 cm³/mol. The number of halogens is 1. The smallest absolute Gasteiger partial charge is 0.293 e. The van der Waals surface area contributed by atoms with Crippen molar-refractivity contribution in [2.24, 2.45) is 0 Å². The van der Waals surface area contributed by atoms with E-state index in [-0.39, 0.29) is 10.8 Å². The van der Waals surface area contributed by atoms with Gasteiger partial charge in [-0.2, -0.15) is 10.4 Å².